The number of aliphatic hydroxyl groups excluding tert-OH is 2. The van der Waals surface area contributed by atoms with Gasteiger partial charge in [-0.3, -0.25) is 4.79 Å². The third-order valence-corrected chi connectivity index (χ3v) is 11.7. The first-order chi connectivity index (χ1) is 16.2. The quantitative estimate of drug-likeness (QED) is 0.447. The zero-order chi connectivity index (χ0) is 24.9. The van der Waals surface area contributed by atoms with Crippen molar-refractivity contribution in [3.63, 3.8) is 0 Å². The summed E-state index contributed by atoms with van der Waals surface area (Å²) in [5.74, 6) is 0.824. The van der Waals surface area contributed by atoms with Gasteiger partial charge in [0.05, 0.1) is 27.4 Å². The fraction of sp³-hybridized carbons (Fsp3) is 0.519. The molecule has 1 aliphatic rings. The van der Waals surface area contributed by atoms with Crippen LogP contribution in [-0.2, 0) is 16.0 Å². The Labute approximate surface area is 204 Å². The standard InChI is InChI=1S/C27H39NO5Si/c1-18-24(14-9-20-7-6-8-21(17-20)28-27(31)19(2)30)33-25(15-16-29)26(18)34(4,5)23-12-10-22(32-3)11-13-23/h6-8,10-13,17-19,24-26,29-30H,9,14-16H2,1-5H3,(H,28,31)/t18-,19+,24+,25-,26+/m1/s1. The minimum atomic E-state index is -1.90. The fourth-order valence-corrected chi connectivity index (χ4v) is 9.52. The molecule has 34 heavy (non-hydrogen) atoms. The average Bonchev–Trinajstić information content (AvgIpc) is 3.13. The Morgan fingerprint density at radius 2 is 1.85 bits per heavy atom. The summed E-state index contributed by atoms with van der Waals surface area (Å²) in [5.41, 5.74) is 2.20. The van der Waals surface area contributed by atoms with Gasteiger partial charge in [0.2, 0.25) is 0 Å². The van der Waals surface area contributed by atoms with Crippen LogP contribution in [0.2, 0.25) is 18.6 Å². The van der Waals surface area contributed by atoms with Crippen molar-refractivity contribution in [3.05, 3.63) is 54.1 Å². The number of hydrogen-bond donors (Lipinski definition) is 3. The zero-order valence-corrected chi connectivity index (χ0v) is 22.0. The lowest BCUT2D eigenvalue weighted by atomic mass is 9.95. The molecule has 0 unspecified atom stereocenters. The van der Waals surface area contributed by atoms with Crippen molar-refractivity contribution in [1.29, 1.82) is 0 Å². The Morgan fingerprint density at radius 3 is 2.47 bits per heavy atom. The molecule has 2 aromatic rings. The average molecular weight is 486 g/mol. The molecule has 2 aromatic carbocycles. The lowest BCUT2D eigenvalue weighted by molar-refractivity contribution is -0.123. The third-order valence-electron chi connectivity index (χ3n) is 7.28. The lowest BCUT2D eigenvalue weighted by Crippen LogP contribution is -2.50. The number of amides is 1. The topological polar surface area (TPSA) is 88.0 Å². The number of carbonyl (C=O) groups excluding carboxylic acids is 1. The fourth-order valence-electron chi connectivity index (χ4n) is 5.40. The second-order valence-electron chi connectivity index (χ2n) is 9.96. The summed E-state index contributed by atoms with van der Waals surface area (Å²) >= 11 is 0. The van der Waals surface area contributed by atoms with E-state index in [0.717, 1.165) is 24.2 Å². The van der Waals surface area contributed by atoms with E-state index in [4.69, 9.17) is 9.47 Å². The summed E-state index contributed by atoms with van der Waals surface area (Å²) in [6.07, 6.45) is 1.47. The normalized spacial score (nSPS) is 23.5. The SMILES string of the molecule is COc1ccc([Si](C)(C)[C@H]2[C@H](C)[C@H](CCc3cccc(NC(=O)[C@H](C)O)c3)O[C@@H]2CCO)cc1. The number of methoxy groups -OCH3 is 1. The number of anilines is 1. The molecule has 3 rings (SSSR count). The van der Waals surface area contributed by atoms with E-state index in [2.05, 4.69) is 43.5 Å². The van der Waals surface area contributed by atoms with E-state index in [9.17, 15) is 15.0 Å². The van der Waals surface area contributed by atoms with Crippen LogP contribution < -0.4 is 15.2 Å². The Hall–Kier alpha value is -2.19. The van der Waals surface area contributed by atoms with Crippen LogP contribution in [0.3, 0.4) is 0 Å². The van der Waals surface area contributed by atoms with Crippen LogP contribution in [0.5, 0.6) is 5.75 Å². The number of rotatable bonds is 10. The van der Waals surface area contributed by atoms with E-state index >= 15 is 0 Å². The minimum absolute atomic E-state index is 0.0467. The molecule has 1 fully saturated rings. The minimum Gasteiger partial charge on any atom is -0.497 e. The maximum absolute atomic E-state index is 11.8. The molecule has 0 aromatic heterocycles. The molecule has 6 nitrogen and oxygen atoms in total. The highest BCUT2D eigenvalue weighted by molar-refractivity contribution is 6.91. The van der Waals surface area contributed by atoms with E-state index in [1.54, 1.807) is 7.11 Å². The van der Waals surface area contributed by atoms with Gasteiger partial charge in [0.15, 0.2) is 0 Å². The van der Waals surface area contributed by atoms with Crippen molar-refractivity contribution < 1.29 is 24.5 Å². The van der Waals surface area contributed by atoms with Crippen molar-refractivity contribution in [2.45, 2.75) is 70.1 Å². The van der Waals surface area contributed by atoms with E-state index < -0.39 is 20.1 Å². The molecular formula is C27H39NO5Si. The smallest absolute Gasteiger partial charge is 0.252 e. The van der Waals surface area contributed by atoms with Crippen LogP contribution in [-0.4, -0.2) is 56.2 Å². The summed E-state index contributed by atoms with van der Waals surface area (Å²) in [6, 6.07) is 16.2. The number of ether oxygens (including phenoxy) is 2. The van der Waals surface area contributed by atoms with Gasteiger partial charge in [-0.15, -0.1) is 0 Å². The molecule has 1 saturated heterocycles. The van der Waals surface area contributed by atoms with Gasteiger partial charge < -0.3 is 25.0 Å². The molecule has 7 heteroatoms. The van der Waals surface area contributed by atoms with Gasteiger partial charge in [0.1, 0.15) is 11.9 Å². The summed E-state index contributed by atoms with van der Waals surface area (Å²) in [4.78, 5) is 11.8. The van der Waals surface area contributed by atoms with E-state index in [1.165, 1.54) is 12.1 Å². The summed E-state index contributed by atoms with van der Waals surface area (Å²) in [5, 5.41) is 23.3. The highest BCUT2D eigenvalue weighted by Crippen LogP contribution is 2.46. The molecule has 0 bridgehead atoms. The predicted octanol–water partition coefficient (Wildman–Crippen LogP) is 3.72. The maximum atomic E-state index is 11.8. The first-order valence-corrected chi connectivity index (χ1v) is 15.2. The van der Waals surface area contributed by atoms with Crippen LogP contribution in [0.4, 0.5) is 5.69 Å². The Morgan fingerprint density at radius 1 is 1.15 bits per heavy atom. The van der Waals surface area contributed by atoms with Crippen molar-refractivity contribution in [2.75, 3.05) is 19.0 Å². The van der Waals surface area contributed by atoms with Gasteiger partial charge in [0, 0.05) is 12.3 Å². The van der Waals surface area contributed by atoms with Crippen LogP contribution >= 0.6 is 0 Å². The molecule has 1 heterocycles. The zero-order valence-electron chi connectivity index (χ0n) is 21.0. The van der Waals surface area contributed by atoms with Crippen molar-refractivity contribution in [3.8, 4) is 5.75 Å². The predicted molar refractivity (Wildman–Crippen MR) is 138 cm³/mol. The third kappa shape index (κ3) is 6.08. The molecule has 1 aliphatic heterocycles. The highest BCUT2D eigenvalue weighted by Gasteiger charge is 2.50. The number of benzene rings is 2. The monoisotopic (exact) mass is 485 g/mol. The maximum Gasteiger partial charge on any atom is 0.252 e. The van der Waals surface area contributed by atoms with Crippen LogP contribution in [0.15, 0.2) is 48.5 Å². The van der Waals surface area contributed by atoms with Crippen molar-refractivity contribution in [1.82, 2.24) is 0 Å². The summed E-state index contributed by atoms with van der Waals surface area (Å²) < 4.78 is 11.9. The number of aliphatic hydroxyl groups is 2. The Balaban J connectivity index is 1.72. The Kier molecular flexibility index (Phi) is 8.93. The Bertz CT molecular complexity index is 946. The molecule has 1 amide bonds. The van der Waals surface area contributed by atoms with E-state index in [-0.39, 0.29) is 18.8 Å². The molecule has 3 N–H and O–H groups in total. The molecule has 0 spiro atoms. The van der Waals surface area contributed by atoms with Gasteiger partial charge in [-0.05, 0) is 67.5 Å². The van der Waals surface area contributed by atoms with Crippen LogP contribution in [0.1, 0.15) is 32.3 Å². The van der Waals surface area contributed by atoms with Crippen molar-refractivity contribution in [2.24, 2.45) is 5.92 Å². The molecule has 0 aliphatic carbocycles. The molecular weight excluding hydrogens is 446 g/mol. The number of hydrogen-bond acceptors (Lipinski definition) is 5. The van der Waals surface area contributed by atoms with Crippen LogP contribution in [0, 0.1) is 5.92 Å². The van der Waals surface area contributed by atoms with E-state index in [0.29, 0.717) is 23.6 Å². The second kappa shape index (κ2) is 11.5. The van der Waals surface area contributed by atoms with Gasteiger partial charge in [-0.1, -0.05) is 49.5 Å². The largest absolute Gasteiger partial charge is 0.497 e. The summed E-state index contributed by atoms with van der Waals surface area (Å²) in [7, 11) is -0.213. The van der Waals surface area contributed by atoms with Gasteiger partial charge in [-0.2, -0.15) is 0 Å². The molecule has 186 valence electrons. The number of nitrogens with one attached hydrogen (secondary N) is 1. The second-order valence-corrected chi connectivity index (χ2v) is 14.7. The molecule has 5 atom stereocenters. The van der Waals surface area contributed by atoms with Gasteiger partial charge in [-0.25, -0.2) is 0 Å². The van der Waals surface area contributed by atoms with Gasteiger partial charge in [0.25, 0.3) is 5.91 Å². The molecule has 0 radical (unpaired) electrons. The van der Waals surface area contributed by atoms with Crippen molar-refractivity contribution >= 4 is 24.9 Å². The first kappa shape index (κ1) is 26.4. The molecule has 0 saturated carbocycles. The first-order valence-electron chi connectivity index (χ1n) is 12.2. The van der Waals surface area contributed by atoms with Gasteiger partial charge >= 0.3 is 0 Å². The van der Waals surface area contributed by atoms with E-state index in [1.807, 2.05) is 30.3 Å². The number of carbonyl (C=O) groups is 1. The van der Waals surface area contributed by atoms with Crippen LogP contribution in [0.25, 0.3) is 0 Å². The lowest BCUT2D eigenvalue weighted by Gasteiger charge is -2.36. The summed E-state index contributed by atoms with van der Waals surface area (Å²) in [6.45, 7) is 8.68. The number of aryl methyl sites for hydroxylation is 1. The highest BCUT2D eigenvalue weighted by atomic mass is 28.3.